The van der Waals surface area contributed by atoms with Crippen LogP contribution in [0.15, 0.2) is 24.3 Å². The minimum Gasteiger partial charge on any atom is -0.476 e. The molecule has 3 aliphatic rings. The smallest absolute Gasteiger partial charge is 0.354 e. The van der Waals surface area contributed by atoms with Crippen molar-refractivity contribution in [3.05, 3.63) is 47.0 Å². The van der Waals surface area contributed by atoms with Gasteiger partial charge in [-0.15, -0.1) is 0 Å². The van der Waals surface area contributed by atoms with E-state index in [-0.39, 0.29) is 11.5 Å². The molecule has 3 aromatic rings. The van der Waals surface area contributed by atoms with Gasteiger partial charge >= 0.3 is 5.97 Å². The van der Waals surface area contributed by atoms with Gasteiger partial charge in [0.25, 0.3) is 0 Å². The number of anilines is 1. The fourth-order valence-corrected chi connectivity index (χ4v) is 6.51. The van der Waals surface area contributed by atoms with E-state index in [1.807, 2.05) is 6.92 Å². The standard InChI is InChI=1S/C29H36FN5O3/c1-18-25(29(36)37)31-28-24(26(19-4-3-5-19)32-35(28)22-8-6-20(30)7-9-22)27(18)34-14-10-21(11-15-34)33-16-12-23(38-2)13-17-33/h6-9,19,21,23H,3-5,10-17H2,1-2H3,(H,36,37). The van der Waals surface area contributed by atoms with Crippen LogP contribution in [0.2, 0.25) is 0 Å². The van der Waals surface area contributed by atoms with Crippen molar-refractivity contribution in [3.63, 3.8) is 0 Å². The maximum atomic E-state index is 13.7. The SMILES string of the molecule is COC1CCN(C2CCN(c3c(C)c(C(=O)O)nc4c3c(C3CCC3)nn4-c3ccc(F)cc3)CC2)CC1. The first-order chi connectivity index (χ1) is 18.4. The van der Waals surface area contributed by atoms with Gasteiger partial charge < -0.3 is 19.6 Å². The topological polar surface area (TPSA) is 83.7 Å². The highest BCUT2D eigenvalue weighted by atomic mass is 19.1. The van der Waals surface area contributed by atoms with Crippen LogP contribution in [0.25, 0.3) is 16.7 Å². The van der Waals surface area contributed by atoms with Gasteiger partial charge in [0.05, 0.1) is 28.6 Å². The van der Waals surface area contributed by atoms with Gasteiger partial charge in [0.2, 0.25) is 0 Å². The summed E-state index contributed by atoms with van der Waals surface area (Å²) >= 11 is 0. The van der Waals surface area contributed by atoms with E-state index in [1.54, 1.807) is 23.9 Å². The summed E-state index contributed by atoms with van der Waals surface area (Å²) in [4.78, 5) is 22.0. The third-order valence-electron chi connectivity index (χ3n) is 8.93. The van der Waals surface area contributed by atoms with Gasteiger partial charge in [-0.2, -0.15) is 5.10 Å². The molecule has 38 heavy (non-hydrogen) atoms. The van der Waals surface area contributed by atoms with E-state index >= 15 is 0 Å². The number of carboxylic acid groups (broad SMARTS) is 1. The highest BCUT2D eigenvalue weighted by molar-refractivity contribution is 6.01. The molecular weight excluding hydrogens is 485 g/mol. The molecular formula is C29H36FN5O3. The maximum Gasteiger partial charge on any atom is 0.354 e. The fourth-order valence-electron chi connectivity index (χ4n) is 6.51. The van der Waals surface area contributed by atoms with E-state index in [2.05, 4.69) is 14.8 Å². The first-order valence-corrected chi connectivity index (χ1v) is 13.9. The van der Waals surface area contributed by atoms with Gasteiger partial charge in [-0.1, -0.05) is 6.42 Å². The van der Waals surface area contributed by atoms with E-state index in [0.717, 1.165) is 87.9 Å². The Kier molecular flexibility index (Phi) is 6.82. The summed E-state index contributed by atoms with van der Waals surface area (Å²) in [6.45, 7) is 5.74. The van der Waals surface area contributed by atoms with Crippen LogP contribution in [-0.2, 0) is 4.74 Å². The molecule has 3 fully saturated rings. The minimum atomic E-state index is -1.04. The molecule has 0 amide bonds. The number of carbonyl (C=O) groups is 1. The van der Waals surface area contributed by atoms with Crippen molar-refractivity contribution >= 4 is 22.7 Å². The van der Waals surface area contributed by atoms with Crippen molar-refractivity contribution in [2.75, 3.05) is 38.2 Å². The molecule has 0 atom stereocenters. The summed E-state index contributed by atoms with van der Waals surface area (Å²) in [7, 11) is 1.80. The van der Waals surface area contributed by atoms with Gasteiger partial charge in [-0.05, 0) is 69.7 Å². The lowest BCUT2D eigenvalue weighted by atomic mass is 9.81. The molecule has 1 saturated carbocycles. The molecule has 1 N–H and O–H groups in total. The number of nitrogens with zero attached hydrogens (tertiary/aromatic N) is 5. The Morgan fingerprint density at radius 3 is 2.29 bits per heavy atom. The molecule has 2 aromatic heterocycles. The number of aromatic carboxylic acids is 1. The third-order valence-corrected chi connectivity index (χ3v) is 8.93. The quantitative estimate of drug-likeness (QED) is 0.493. The predicted octanol–water partition coefficient (Wildman–Crippen LogP) is 4.91. The van der Waals surface area contributed by atoms with Gasteiger partial charge in [0, 0.05) is 50.8 Å². The van der Waals surface area contributed by atoms with Crippen molar-refractivity contribution in [1.29, 1.82) is 0 Å². The molecule has 9 heteroatoms. The van der Waals surface area contributed by atoms with Gasteiger partial charge in [0.1, 0.15) is 5.82 Å². The summed E-state index contributed by atoms with van der Waals surface area (Å²) in [6.07, 6.45) is 7.89. The summed E-state index contributed by atoms with van der Waals surface area (Å²) in [5, 5.41) is 16.1. The molecule has 6 rings (SSSR count). The lowest BCUT2D eigenvalue weighted by Crippen LogP contribution is -2.48. The lowest BCUT2D eigenvalue weighted by molar-refractivity contribution is 0.0233. The van der Waals surface area contributed by atoms with Crippen LogP contribution in [0, 0.1) is 12.7 Å². The van der Waals surface area contributed by atoms with E-state index in [0.29, 0.717) is 35.0 Å². The highest BCUT2D eigenvalue weighted by Crippen LogP contribution is 2.44. The number of benzene rings is 1. The Morgan fingerprint density at radius 2 is 1.71 bits per heavy atom. The molecule has 1 aromatic carbocycles. The largest absolute Gasteiger partial charge is 0.476 e. The third kappa shape index (κ3) is 4.45. The molecule has 8 nitrogen and oxygen atoms in total. The van der Waals surface area contributed by atoms with E-state index < -0.39 is 5.97 Å². The van der Waals surface area contributed by atoms with E-state index in [1.165, 1.54) is 12.1 Å². The number of ether oxygens (including phenoxy) is 1. The summed E-state index contributed by atoms with van der Waals surface area (Å²) in [6, 6.07) is 6.69. The van der Waals surface area contributed by atoms with Gasteiger partial charge in [-0.25, -0.2) is 18.9 Å². The zero-order valence-corrected chi connectivity index (χ0v) is 22.2. The van der Waals surface area contributed by atoms with E-state index in [4.69, 9.17) is 9.84 Å². The Bertz CT molecular complexity index is 1320. The van der Waals surface area contributed by atoms with Crippen LogP contribution < -0.4 is 4.90 Å². The average Bonchev–Trinajstić information content (AvgIpc) is 3.26. The van der Waals surface area contributed by atoms with Gasteiger partial charge in [0.15, 0.2) is 11.3 Å². The Labute approximate surface area is 222 Å². The molecule has 0 bridgehead atoms. The number of likely N-dealkylation sites (tertiary alicyclic amines) is 1. The number of carboxylic acids is 1. The number of piperidine rings is 2. The molecule has 202 valence electrons. The van der Waals surface area contributed by atoms with Crippen LogP contribution in [0.5, 0.6) is 0 Å². The van der Waals surface area contributed by atoms with Crippen LogP contribution in [0.4, 0.5) is 10.1 Å². The average molecular weight is 522 g/mol. The zero-order chi connectivity index (χ0) is 26.4. The van der Waals surface area contributed by atoms with Crippen LogP contribution in [0.3, 0.4) is 0 Å². The number of halogens is 1. The first-order valence-electron chi connectivity index (χ1n) is 13.9. The second-order valence-corrected chi connectivity index (χ2v) is 11.0. The zero-order valence-electron chi connectivity index (χ0n) is 22.2. The summed E-state index contributed by atoms with van der Waals surface area (Å²) in [5.41, 5.74) is 3.92. The predicted molar refractivity (Wildman–Crippen MR) is 144 cm³/mol. The maximum absolute atomic E-state index is 13.7. The molecule has 0 spiro atoms. The van der Waals surface area contributed by atoms with E-state index in [9.17, 15) is 14.3 Å². The number of rotatable bonds is 6. The number of hydrogen-bond donors (Lipinski definition) is 1. The molecule has 1 aliphatic carbocycles. The molecule has 2 saturated heterocycles. The molecule has 4 heterocycles. The fraction of sp³-hybridized carbons (Fsp3) is 0.552. The second-order valence-electron chi connectivity index (χ2n) is 11.0. The molecule has 0 radical (unpaired) electrons. The second kappa shape index (κ2) is 10.3. The Balaban J connectivity index is 1.39. The highest BCUT2D eigenvalue weighted by Gasteiger charge is 2.34. The van der Waals surface area contributed by atoms with Gasteiger partial charge in [-0.3, -0.25) is 0 Å². The summed E-state index contributed by atoms with van der Waals surface area (Å²) in [5.74, 6) is -1.04. The number of hydrogen-bond acceptors (Lipinski definition) is 6. The lowest BCUT2D eigenvalue weighted by Gasteiger charge is -2.42. The first kappa shape index (κ1) is 25.2. The summed E-state index contributed by atoms with van der Waals surface area (Å²) < 4.78 is 21.0. The Hall–Kier alpha value is -3.04. The normalized spacial score (nSPS) is 20.2. The van der Waals surface area contributed by atoms with Crippen LogP contribution in [-0.4, -0.2) is 76.2 Å². The number of aromatic nitrogens is 3. The number of fused-ring (bicyclic) bond motifs is 1. The van der Waals surface area contributed by atoms with Crippen LogP contribution in [0.1, 0.15) is 72.6 Å². The van der Waals surface area contributed by atoms with Crippen molar-refractivity contribution < 1.29 is 19.0 Å². The minimum absolute atomic E-state index is 0.0553. The number of pyridine rings is 1. The van der Waals surface area contributed by atoms with Crippen molar-refractivity contribution in [2.45, 2.75) is 69.9 Å². The van der Waals surface area contributed by atoms with Crippen molar-refractivity contribution in [1.82, 2.24) is 19.7 Å². The van der Waals surface area contributed by atoms with Crippen molar-refractivity contribution in [2.24, 2.45) is 0 Å². The number of methoxy groups -OCH3 is 1. The van der Waals surface area contributed by atoms with Crippen molar-refractivity contribution in [3.8, 4) is 5.69 Å². The molecule has 0 unspecified atom stereocenters. The Morgan fingerprint density at radius 1 is 1.03 bits per heavy atom. The monoisotopic (exact) mass is 521 g/mol. The van der Waals surface area contributed by atoms with Crippen LogP contribution >= 0.6 is 0 Å². The molecule has 2 aliphatic heterocycles.